The van der Waals surface area contributed by atoms with Crippen LogP contribution >= 0.6 is 9.24 Å². The zero-order valence-electron chi connectivity index (χ0n) is 21.4. The predicted octanol–water partition coefficient (Wildman–Crippen LogP) is 4.13. The molecule has 38 heavy (non-hydrogen) atoms. The summed E-state index contributed by atoms with van der Waals surface area (Å²) in [6, 6.07) is 12.9. The van der Waals surface area contributed by atoms with E-state index >= 15 is 0 Å². The molecule has 2 aromatic carbocycles. The number of fused-ring (bicyclic) bond motifs is 1. The third kappa shape index (κ3) is 5.25. The van der Waals surface area contributed by atoms with E-state index in [-0.39, 0.29) is 24.5 Å². The number of carbonyl (C=O) groups is 1. The first-order valence-electron chi connectivity index (χ1n) is 12.8. The van der Waals surface area contributed by atoms with Crippen molar-refractivity contribution in [2.24, 2.45) is 5.73 Å². The Kier molecular flexibility index (Phi) is 7.93. The molecule has 5 rings (SSSR count). The van der Waals surface area contributed by atoms with Crippen LogP contribution in [-0.4, -0.2) is 47.0 Å². The Morgan fingerprint density at radius 2 is 2.05 bits per heavy atom. The van der Waals surface area contributed by atoms with Gasteiger partial charge in [-0.05, 0) is 49.9 Å². The number of nitrogens with zero attached hydrogens (tertiary/aromatic N) is 2. The van der Waals surface area contributed by atoms with E-state index in [1.54, 1.807) is 19.2 Å². The summed E-state index contributed by atoms with van der Waals surface area (Å²) >= 11 is 0. The highest BCUT2D eigenvalue weighted by Crippen LogP contribution is 2.35. The third-order valence-corrected chi connectivity index (χ3v) is 7.65. The van der Waals surface area contributed by atoms with Crippen LogP contribution in [0.4, 0.5) is 5.69 Å². The molecule has 9 heteroatoms. The lowest BCUT2D eigenvalue weighted by atomic mass is 9.98. The van der Waals surface area contributed by atoms with Crippen molar-refractivity contribution in [3.8, 4) is 17.0 Å². The quantitative estimate of drug-likeness (QED) is 0.412. The first kappa shape index (κ1) is 26.2. The van der Waals surface area contributed by atoms with Gasteiger partial charge in [0.1, 0.15) is 11.6 Å². The Morgan fingerprint density at radius 1 is 1.24 bits per heavy atom. The molecule has 8 nitrogen and oxygen atoms in total. The lowest BCUT2D eigenvalue weighted by Gasteiger charge is -2.27. The summed E-state index contributed by atoms with van der Waals surface area (Å²) in [7, 11) is 4.21. The van der Waals surface area contributed by atoms with Crippen LogP contribution in [-0.2, 0) is 4.74 Å². The van der Waals surface area contributed by atoms with E-state index in [0.29, 0.717) is 29.3 Å². The summed E-state index contributed by atoms with van der Waals surface area (Å²) in [5.41, 5.74) is 11.0. The van der Waals surface area contributed by atoms with Crippen LogP contribution in [0.25, 0.3) is 23.2 Å². The molecule has 198 valence electrons. The monoisotopic (exact) mass is 532 g/mol. The standard InChI is InChI=1S/C29H33N4O4P/c1-36-24-8-5-7-23(27(24)38)31-29(35)19-11-9-18(10-12-19)25-26-22(30)6-3-2-4-15-33(26)28(32-25)20-13-14-21(16-34)37-17-20/h4-12,15,20-21,34H,2-3,13-14,16-17,30,38H2,1H3,(H,31,35)/b15-4?,22-6-. The number of imidazole rings is 1. The number of nitrogens with two attached hydrogens (primary N) is 1. The lowest BCUT2D eigenvalue weighted by molar-refractivity contribution is -0.0283. The highest BCUT2D eigenvalue weighted by Gasteiger charge is 2.29. The minimum absolute atomic E-state index is 0.0311. The molecule has 0 spiro atoms. The van der Waals surface area contributed by atoms with E-state index in [2.05, 4.69) is 31.4 Å². The van der Waals surface area contributed by atoms with Gasteiger partial charge in [-0.1, -0.05) is 39.6 Å². The van der Waals surface area contributed by atoms with Gasteiger partial charge in [-0.3, -0.25) is 4.79 Å². The molecule has 1 amide bonds. The molecule has 0 bridgehead atoms. The maximum atomic E-state index is 13.0. The summed E-state index contributed by atoms with van der Waals surface area (Å²) in [5.74, 6) is 1.46. The fraction of sp³-hybridized carbons (Fsp3) is 0.310. The second kappa shape index (κ2) is 11.5. The largest absolute Gasteiger partial charge is 0.496 e. The molecule has 0 radical (unpaired) electrons. The second-order valence-electron chi connectivity index (χ2n) is 9.52. The fourth-order valence-electron chi connectivity index (χ4n) is 4.94. The molecule has 3 aromatic rings. The molecular weight excluding hydrogens is 499 g/mol. The Bertz CT molecular complexity index is 1370. The Morgan fingerprint density at radius 3 is 2.76 bits per heavy atom. The summed E-state index contributed by atoms with van der Waals surface area (Å²) < 4.78 is 13.3. The summed E-state index contributed by atoms with van der Waals surface area (Å²) in [6.45, 7) is 0.531. The van der Waals surface area contributed by atoms with Crippen molar-refractivity contribution in [1.29, 1.82) is 0 Å². The fourth-order valence-corrected chi connectivity index (χ4v) is 5.32. The number of amides is 1. The number of aliphatic hydroxyl groups is 1. The molecule has 1 saturated heterocycles. The zero-order chi connectivity index (χ0) is 26.6. The average Bonchev–Trinajstić information content (AvgIpc) is 3.31. The number of hydrogen-bond acceptors (Lipinski definition) is 6. The first-order valence-corrected chi connectivity index (χ1v) is 13.4. The molecule has 1 aromatic heterocycles. The van der Waals surface area contributed by atoms with Crippen molar-refractivity contribution in [2.45, 2.75) is 37.7 Å². The maximum Gasteiger partial charge on any atom is 0.255 e. The van der Waals surface area contributed by atoms with E-state index in [1.165, 1.54) is 0 Å². The van der Waals surface area contributed by atoms with Crippen molar-refractivity contribution >= 4 is 38.0 Å². The van der Waals surface area contributed by atoms with Crippen molar-refractivity contribution in [3.05, 3.63) is 71.7 Å². The minimum Gasteiger partial charge on any atom is -0.496 e. The van der Waals surface area contributed by atoms with Gasteiger partial charge < -0.3 is 30.2 Å². The van der Waals surface area contributed by atoms with Gasteiger partial charge in [0, 0.05) is 28.5 Å². The minimum atomic E-state index is -0.213. The van der Waals surface area contributed by atoms with Crippen molar-refractivity contribution in [2.75, 3.05) is 25.6 Å². The number of hydrogen-bond donors (Lipinski definition) is 3. The number of anilines is 1. The van der Waals surface area contributed by atoms with E-state index in [0.717, 1.165) is 53.8 Å². The SMILES string of the molecule is COc1cccc(NC(=O)c2ccc(-c3nc(C4CCC(CO)OC4)n4c3/C(N)=C/CCC=C4)cc2)c1P. The smallest absolute Gasteiger partial charge is 0.255 e. The van der Waals surface area contributed by atoms with Crippen LogP contribution in [0, 0.1) is 0 Å². The normalized spacial score (nSPS) is 20.6. The average molecular weight is 533 g/mol. The number of methoxy groups -OCH3 is 1. The van der Waals surface area contributed by atoms with Crippen molar-refractivity contribution in [1.82, 2.24) is 9.55 Å². The molecule has 2 aliphatic heterocycles. The van der Waals surface area contributed by atoms with Crippen LogP contribution in [0.2, 0.25) is 0 Å². The van der Waals surface area contributed by atoms with Gasteiger partial charge in [0.15, 0.2) is 0 Å². The molecule has 0 saturated carbocycles. The van der Waals surface area contributed by atoms with Crippen molar-refractivity contribution in [3.63, 3.8) is 0 Å². The Labute approximate surface area is 224 Å². The van der Waals surface area contributed by atoms with Gasteiger partial charge >= 0.3 is 0 Å². The summed E-state index contributed by atoms with van der Waals surface area (Å²) in [6.07, 6.45) is 9.52. The number of aliphatic hydroxyl groups excluding tert-OH is 1. The number of benzene rings is 2. The Balaban J connectivity index is 1.46. The van der Waals surface area contributed by atoms with Gasteiger partial charge in [0.2, 0.25) is 0 Å². The number of nitrogens with one attached hydrogen (secondary N) is 1. The molecule has 4 N–H and O–H groups in total. The van der Waals surface area contributed by atoms with Gasteiger partial charge in [-0.2, -0.15) is 0 Å². The number of allylic oxidation sites excluding steroid dienone is 2. The first-order chi connectivity index (χ1) is 18.5. The van der Waals surface area contributed by atoms with E-state index in [4.69, 9.17) is 20.2 Å². The predicted molar refractivity (Wildman–Crippen MR) is 153 cm³/mol. The lowest BCUT2D eigenvalue weighted by Crippen LogP contribution is -2.28. The number of aromatic nitrogens is 2. The molecule has 1 fully saturated rings. The zero-order valence-corrected chi connectivity index (χ0v) is 22.5. The molecule has 2 aliphatic rings. The van der Waals surface area contributed by atoms with Gasteiger partial charge in [0.25, 0.3) is 5.91 Å². The second-order valence-corrected chi connectivity index (χ2v) is 10.1. The van der Waals surface area contributed by atoms with Crippen LogP contribution < -0.4 is 21.1 Å². The van der Waals surface area contributed by atoms with Gasteiger partial charge in [0.05, 0.1) is 49.2 Å². The highest BCUT2D eigenvalue weighted by atomic mass is 31.0. The number of ether oxygens (including phenoxy) is 2. The van der Waals surface area contributed by atoms with E-state index in [9.17, 15) is 9.90 Å². The Hall–Kier alpha value is -3.45. The van der Waals surface area contributed by atoms with Crippen LogP contribution in [0.1, 0.15) is 53.5 Å². The van der Waals surface area contributed by atoms with Crippen LogP contribution in [0.5, 0.6) is 5.75 Å². The van der Waals surface area contributed by atoms with E-state index in [1.807, 2.05) is 36.4 Å². The van der Waals surface area contributed by atoms with Crippen LogP contribution in [0.3, 0.4) is 0 Å². The molecule has 3 atom stereocenters. The molecule has 0 aliphatic carbocycles. The van der Waals surface area contributed by atoms with E-state index < -0.39 is 0 Å². The molecular formula is C29H33N4O4P. The molecule has 3 unspecified atom stereocenters. The molecule has 3 heterocycles. The highest BCUT2D eigenvalue weighted by molar-refractivity contribution is 7.28. The number of rotatable bonds is 6. The van der Waals surface area contributed by atoms with Gasteiger partial charge in [-0.25, -0.2) is 4.98 Å². The van der Waals surface area contributed by atoms with Gasteiger partial charge in [-0.15, -0.1) is 0 Å². The summed E-state index contributed by atoms with van der Waals surface area (Å²) in [4.78, 5) is 18.1. The number of carbonyl (C=O) groups excluding carboxylic acids is 1. The van der Waals surface area contributed by atoms with Crippen molar-refractivity contribution < 1.29 is 19.4 Å². The third-order valence-electron chi connectivity index (χ3n) is 7.06. The summed E-state index contributed by atoms with van der Waals surface area (Å²) in [5, 5.41) is 13.2. The topological polar surface area (TPSA) is 112 Å². The maximum absolute atomic E-state index is 13.0. The van der Waals surface area contributed by atoms with Crippen LogP contribution in [0.15, 0.2) is 54.6 Å².